The summed E-state index contributed by atoms with van der Waals surface area (Å²) < 4.78 is 15.6. The standard InChI is InChI=1S/C10H5Br2FN2O/c11-9-6(5-16)10(12)15(14-9)8-4-2-1-3-7(8)13/h1-5H. The van der Waals surface area contributed by atoms with Gasteiger partial charge in [-0.3, -0.25) is 4.79 Å². The molecule has 0 atom stereocenters. The summed E-state index contributed by atoms with van der Waals surface area (Å²) in [5.41, 5.74) is 0.631. The Morgan fingerprint density at radius 3 is 2.56 bits per heavy atom. The second kappa shape index (κ2) is 4.47. The van der Waals surface area contributed by atoms with Gasteiger partial charge in [0.05, 0.1) is 5.56 Å². The molecule has 1 aromatic carbocycles. The minimum absolute atomic E-state index is 0.281. The van der Waals surface area contributed by atoms with Gasteiger partial charge >= 0.3 is 0 Å². The van der Waals surface area contributed by atoms with E-state index in [2.05, 4.69) is 37.0 Å². The van der Waals surface area contributed by atoms with Crippen molar-refractivity contribution in [1.82, 2.24) is 9.78 Å². The highest BCUT2D eigenvalue weighted by molar-refractivity contribution is 9.11. The first-order chi connectivity index (χ1) is 7.65. The third kappa shape index (κ3) is 1.82. The Balaban J connectivity index is 2.66. The second-order valence-corrected chi connectivity index (χ2v) is 4.48. The molecule has 0 unspecified atom stereocenters. The summed E-state index contributed by atoms with van der Waals surface area (Å²) in [7, 11) is 0. The molecule has 6 heteroatoms. The Bertz CT molecular complexity index is 554. The zero-order valence-electron chi connectivity index (χ0n) is 7.82. The Labute approximate surface area is 108 Å². The first-order valence-corrected chi connectivity index (χ1v) is 5.88. The predicted molar refractivity (Wildman–Crippen MR) is 64.3 cm³/mol. The molecule has 0 aliphatic rings. The Morgan fingerprint density at radius 2 is 2.00 bits per heavy atom. The maximum absolute atomic E-state index is 13.5. The van der Waals surface area contributed by atoms with Crippen LogP contribution in [0.3, 0.4) is 0 Å². The van der Waals surface area contributed by atoms with Crippen LogP contribution in [0, 0.1) is 5.82 Å². The zero-order chi connectivity index (χ0) is 11.7. The molecule has 0 radical (unpaired) electrons. The molecule has 3 nitrogen and oxygen atoms in total. The smallest absolute Gasteiger partial charge is 0.155 e. The van der Waals surface area contributed by atoms with Crippen LogP contribution in [0.4, 0.5) is 4.39 Å². The van der Waals surface area contributed by atoms with Gasteiger partial charge < -0.3 is 0 Å². The topological polar surface area (TPSA) is 34.9 Å². The number of hydrogen-bond donors (Lipinski definition) is 0. The van der Waals surface area contributed by atoms with Crippen molar-refractivity contribution in [3.05, 3.63) is 44.9 Å². The number of aldehydes is 1. The summed E-state index contributed by atoms with van der Waals surface area (Å²) in [6, 6.07) is 6.19. The maximum Gasteiger partial charge on any atom is 0.155 e. The van der Waals surface area contributed by atoms with Gasteiger partial charge in [-0.15, -0.1) is 0 Å². The van der Waals surface area contributed by atoms with E-state index in [1.165, 1.54) is 10.7 Å². The first kappa shape index (κ1) is 11.5. The van der Waals surface area contributed by atoms with Gasteiger partial charge in [0.1, 0.15) is 20.7 Å². The van der Waals surface area contributed by atoms with E-state index < -0.39 is 5.82 Å². The summed E-state index contributed by atoms with van der Waals surface area (Å²) in [5, 5.41) is 4.03. The number of nitrogens with zero attached hydrogens (tertiary/aromatic N) is 2. The Kier molecular flexibility index (Phi) is 3.20. The van der Waals surface area contributed by atoms with E-state index in [1.54, 1.807) is 18.2 Å². The van der Waals surface area contributed by atoms with E-state index in [9.17, 15) is 9.18 Å². The van der Waals surface area contributed by atoms with Gasteiger partial charge in [-0.1, -0.05) is 12.1 Å². The van der Waals surface area contributed by atoms with Crippen LogP contribution in [0.25, 0.3) is 5.69 Å². The maximum atomic E-state index is 13.5. The SMILES string of the molecule is O=Cc1c(Br)nn(-c2ccccc2F)c1Br. The van der Waals surface area contributed by atoms with Gasteiger partial charge in [0, 0.05) is 0 Å². The van der Waals surface area contributed by atoms with Crippen molar-refractivity contribution >= 4 is 38.1 Å². The second-order valence-electron chi connectivity index (χ2n) is 2.98. The fourth-order valence-corrected chi connectivity index (χ4v) is 2.52. The van der Waals surface area contributed by atoms with Crippen LogP contribution in [0.2, 0.25) is 0 Å². The van der Waals surface area contributed by atoms with Gasteiger partial charge in [0.25, 0.3) is 0 Å². The molecule has 0 fully saturated rings. The van der Waals surface area contributed by atoms with Crippen LogP contribution < -0.4 is 0 Å². The highest BCUT2D eigenvalue weighted by Crippen LogP contribution is 2.27. The average Bonchev–Trinajstić information content (AvgIpc) is 2.55. The minimum Gasteiger partial charge on any atom is -0.298 e. The molecule has 2 aromatic rings. The van der Waals surface area contributed by atoms with Crippen molar-refractivity contribution in [1.29, 1.82) is 0 Å². The van der Waals surface area contributed by atoms with Gasteiger partial charge in [0.15, 0.2) is 6.29 Å². The van der Waals surface area contributed by atoms with E-state index in [1.807, 2.05) is 0 Å². The number of carbonyl (C=O) groups is 1. The van der Waals surface area contributed by atoms with Gasteiger partial charge in [-0.05, 0) is 44.0 Å². The number of halogens is 3. The molecular formula is C10H5Br2FN2O. The summed E-state index contributed by atoms with van der Waals surface area (Å²) in [6.07, 6.45) is 0.651. The predicted octanol–water partition coefficient (Wildman–Crippen LogP) is 3.35. The fourth-order valence-electron chi connectivity index (χ4n) is 1.27. The van der Waals surface area contributed by atoms with Crippen molar-refractivity contribution in [3.8, 4) is 5.69 Å². The van der Waals surface area contributed by atoms with Crippen LogP contribution in [0.5, 0.6) is 0 Å². The molecule has 0 aliphatic heterocycles. The van der Waals surface area contributed by atoms with Crippen molar-refractivity contribution in [2.45, 2.75) is 0 Å². The molecule has 16 heavy (non-hydrogen) atoms. The van der Waals surface area contributed by atoms with Crippen LogP contribution in [0.1, 0.15) is 10.4 Å². The number of hydrogen-bond acceptors (Lipinski definition) is 2. The number of benzene rings is 1. The van der Waals surface area contributed by atoms with Crippen molar-refractivity contribution < 1.29 is 9.18 Å². The lowest BCUT2D eigenvalue weighted by atomic mass is 10.3. The quantitative estimate of drug-likeness (QED) is 0.781. The van der Waals surface area contributed by atoms with E-state index in [-0.39, 0.29) is 5.69 Å². The number of carbonyl (C=O) groups excluding carboxylic acids is 1. The Hall–Kier alpha value is -1.01. The molecule has 1 heterocycles. The van der Waals surface area contributed by atoms with Crippen molar-refractivity contribution in [2.24, 2.45) is 0 Å². The van der Waals surface area contributed by atoms with Crippen LogP contribution in [-0.2, 0) is 0 Å². The van der Waals surface area contributed by atoms with Crippen LogP contribution in [0.15, 0.2) is 33.5 Å². The van der Waals surface area contributed by atoms with E-state index in [0.29, 0.717) is 21.1 Å². The lowest BCUT2D eigenvalue weighted by Gasteiger charge is -2.03. The van der Waals surface area contributed by atoms with Gasteiger partial charge in [-0.25, -0.2) is 9.07 Å². The highest BCUT2D eigenvalue weighted by Gasteiger charge is 2.16. The van der Waals surface area contributed by atoms with E-state index in [4.69, 9.17) is 0 Å². The third-order valence-corrected chi connectivity index (χ3v) is 3.37. The van der Waals surface area contributed by atoms with Crippen LogP contribution >= 0.6 is 31.9 Å². The zero-order valence-corrected chi connectivity index (χ0v) is 11.0. The summed E-state index contributed by atoms with van der Waals surface area (Å²) >= 11 is 6.34. The molecule has 2 rings (SSSR count). The largest absolute Gasteiger partial charge is 0.298 e. The van der Waals surface area contributed by atoms with E-state index in [0.717, 1.165) is 0 Å². The first-order valence-electron chi connectivity index (χ1n) is 4.29. The summed E-state index contributed by atoms with van der Waals surface area (Å²) in [5.74, 6) is -0.407. The lowest BCUT2D eigenvalue weighted by Crippen LogP contribution is -1.99. The lowest BCUT2D eigenvalue weighted by molar-refractivity contribution is 0.112. The molecule has 0 amide bonds. The molecule has 0 saturated carbocycles. The highest BCUT2D eigenvalue weighted by atomic mass is 79.9. The summed E-state index contributed by atoms with van der Waals surface area (Å²) in [6.45, 7) is 0. The normalized spacial score (nSPS) is 10.4. The van der Waals surface area contributed by atoms with Gasteiger partial charge in [-0.2, -0.15) is 5.10 Å². The molecule has 0 spiro atoms. The molecule has 0 aliphatic carbocycles. The molecule has 0 saturated heterocycles. The summed E-state index contributed by atoms with van der Waals surface area (Å²) in [4.78, 5) is 10.8. The number of para-hydroxylation sites is 1. The molecule has 82 valence electrons. The van der Waals surface area contributed by atoms with E-state index >= 15 is 0 Å². The number of rotatable bonds is 2. The average molecular weight is 348 g/mol. The monoisotopic (exact) mass is 346 g/mol. The van der Waals surface area contributed by atoms with Crippen molar-refractivity contribution in [3.63, 3.8) is 0 Å². The molecule has 1 aromatic heterocycles. The minimum atomic E-state index is -0.407. The third-order valence-electron chi connectivity index (χ3n) is 2.02. The Morgan fingerprint density at radius 1 is 1.31 bits per heavy atom. The molecular weight excluding hydrogens is 343 g/mol. The van der Waals surface area contributed by atoms with Gasteiger partial charge in [0.2, 0.25) is 0 Å². The molecule has 0 bridgehead atoms. The van der Waals surface area contributed by atoms with Crippen molar-refractivity contribution in [2.75, 3.05) is 0 Å². The number of aromatic nitrogens is 2. The molecule has 0 N–H and O–H groups in total. The fraction of sp³-hybridized carbons (Fsp3) is 0. The van der Waals surface area contributed by atoms with Crippen LogP contribution in [-0.4, -0.2) is 16.1 Å².